The van der Waals surface area contributed by atoms with Crippen molar-refractivity contribution in [2.75, 3.05) is 42.9 Å². The van der Waals surface area contributed by atoms with Crippen molar-refractivity contribution in [3.05, 3.63) is 47.7 Å². The van der Waals surface area contributed by atoms with Crippen LogP contribution in [0.15, 0.2) is 36.5 Å². The first-order valence-corrected chi connectivity index (χ1v) is 11.6. The van der Waals surface area contributed by atoms with Crippen LogP contribution < -0.4 is 10.2 Å². The molecule has 0 bridgehead atoms. The molecular weight excluding hydrogens is 388 g/mol. The van der Waals surface area contributed by atoms with E-state index in [4.69, 9.17) is 4.98 Å². The van der Waals surface area contributed by atoms with Crippen LogP contribution in [0.3, 0.4) is 0 Å². The summed E-state index contributed by atoms with van der Waals surface area (Å²) in [7, 11) is 0. The lowest BCUT2D eigenvalue weighted by atomic mass is 9.98. The largest absolute Gasteiger partial charge is 0.367 e. The van der Waals surface area contributed by atoms with Gasteiger partial charge in [0, 0.05) is 64.5 Å². The zero-order chi connectivity index (χ0) is 21.2. The van der Waals surface area contributed by atoms with E-state index in [1.807, 2.05) is 17.2 Å². The maximum atomic E-state index is 11.5. The Balaban J connectivity index is 1.18. The highest BCUT2D eigenvalue weighted by Crippen LogP contribution is 2.26. The van der Waals surface area contributed by atoms with Gasteiger partial charge >= 0.3 is 0 Å². The smallest absolute Gasteiger partial charge is 0.227 e. The number of hydrogen-bond acceptors (Lipinski definition) is 6. The first-order chi connectivity index (χ1) is 15.2. The van der Waals surface area contributed by atoms with Crippen molar-refractivity contribution in [1.29, 1.82) is 0 Å². The van der Waals surface area contributed by atoms with Crippen molar-refractivity contribution in [1.82, 2.24) is 19.8 Å². The number of hydrogen-bond donors (Lipinski definition) is 1. The van der Waals surface area contributed by atoms with Gasteiger partial charge in [0.2, 0.25) is 11.9 Å². The van der Waals surface area contributed by atoms with Gasteiger partial charge in [-0.05, 0) is 42.9 Å². The maximum Gasteiger partial charge on any atom is 0.227 e. The summed E-state index contributed by atoms with van der Waals surface area (Å²) in [6.07, 6.45) is 6.08. The van der Waals surface area contributed by atoms with E-state index in [1.54, 1.807) is 6.92 Å². The molecular formula is C24H32N6O. The summed E-state index contributed by atoms with van der Waals surface area (Å²) in [5.74, 6) is 1.89. The van der Waals surface area contributed by atoms with Gasteiger partial charge in [-0.25, -0.2) is 4.98 Å². The number of rotatable bonds is 4. The number of aromatic nitrogens is 2. The SMILES string of the molecule is CC(=O)N1CCC(Nc2ccnc(N3CCC(N4CCc5ccccc5C4)C3)n2)CC1. The van der Waals surface area contributed by atoms with Gasteiger partial charge in [-0.2, -0.15) is 4.98 Å². The summed E-state index contributed by atoms with van der Waals surface area (Å²) < 4.78 is 0. The van der Waals surface area contributed by atoms with Crippen LogP contribution in [0.25, 0.3) is 0 Å². The molecule has 1 aromatic carbocycles. The molecule has 31 heavy (non-hydrogen) atoms. The Morgan fingerprint density at radius 3 is 2.65 bits per heavy atom. The minimum absolute atomic E-state index is 0.170. The van der Waals surface area contributed by atoms with Crippen LogP contribution in [0.5, 0.6) is 0 Å². The van der Waals surface area contributed by atoms with Crippen LogP contribution >= 0.6 is 0 Å². The standard InChI is InChI=1S/C24H32N6O/c1-18(31)28-13-8-21(9-14-28)26-23-6-11-25-24(27-23)30-15-10-22(17-30)29-12-7-19-4-2-3-5-20(19)16-29/h2-6,11,21-22H,7-10,12-17H2,1H3,(H,25,26,27). The first kappa shape index (κ1) is 20.2. The Bertz CT molecular complexity index is 926. The zero-order valence-electron chi connectivity index (χ0n) is 18.3. The van der Waals surface area contributed by atoms with Gasteiger partial charge in [0.05, 0.1) is 0 Å². The predicted octanol–water partition coefficient (Wildman–Crippen LogP) is 2.54. The molecule has 5 rings (SSSR count). The Labute approximate surface area is 184 Å². The molecule has 3 aliphatic rings. The third-order valence-electron chi connectivity index (χ3n) is 7.06. The van der Waals surface area contributed by atoms with E-state index >= 15 is 0 Å². The van der Waals surface area contributed by atoms with Crippen molar-refractivity contribution in [2.24, 2.45) is 0 Å². The molecule has 1 aromatic heterocycles. The van der Waals surface area contributed by atoms with Crippen molar-refractivity contribution >= 4 is 17.7 Å². The third kappa shape index (κ3) is 4.51. The number of carbonyl (C=O) groups excluding carboxylic acids is 1. The molecule has 0 spiro atoms. The second kappa shape index (κ2) is 8.83. The number of amides is 1. The van der Waals surface area contributed by atoms with Crippen LogP contribution in [-0.4, -0.2) is 70.5 Å². The predicted molar refractivity (Wildman–Crippen MR) is 122 cm³/mol. The van der Waals surface area contributed by atoms with E-state index in [9.17, 15) is 4.79 Å². The lowest BCUT2D eigenvalue weighted by Gasteiger charge is -2.33. The lowest BCUT2D eigenvalue weighted by molar-refractivity contribution is -0.129. The number of anilines is 2. The van der Waals surface area contributed by atoms with Crippen LogP contribution in [-0.2, 0) is 17.8 Å². The first-order valence-electron chi connectivity index (χ1n) is 11.6. The summed E-state index contributed by atoms with van der Waals surface area (Å²) in [6.45, 7) is 7.46. The fourth-order valence-corrected chi connectivity index (χ4v) is 5.18. The molecule has 2 fully saturated rings. The molecule has 1 atom stereocenters. The highest BCUT2D eigenvalue weighted by molar-refractivity contribution is 5.73. The minimum atomic E-state index is 0.170. The summed E-state index contributed by atoms with van der Waals surface area (Å²) in [5.41, 5.74) is 2.98. The Kier molecular flexibility index (Phi) is 5.76. The third-order valence-corrected chi connectivity index (χ3v) is 7.06. The number of likely N-dealkylation sites (tertiary alicyclic amines) is 1. The van der Waals surface area contributed by atoms with Crippen LogP contribution in [0, 0.1) is 0 Å². The molecule has 0 saturated carbocycles. The van der Waals surface area contributed by atoms with Crippen LogP contribution in [0.2, 0.25) is 0 Å². The molecule has 2 aromatic rings. The van der Waals surface area contributed by atoms with Gasteiger partial charge in [-0.3, -0.25) is 9.69 Å². The molecule has 4 heterocycles. The molecule has 0 aliphatic carbocycles. The van der Waals surface area contributed by atoms with Crippen LogP contribution in [0.4, 0.5) is 11.8 Å². The van der Waals surface area contributed by atoms with Crippen molar-refractivity contribution in [2.45, 2.75) is 51.2 Å². The van der Waals surface area contributed by atoms with E-state index in [1.165, 1.54) is 11.1 Å². The number of benzene rings is 1. The van der Waals surface area contributed by atoms with Gasteiger partial charge in [-0.1, -0.05) is 24.3 Å². The van der Waals surface area contributed by atoms with Crippen molar-refractivity contribution in [3.8, 4) is 0 Å². The van der Waals surface area contributed by atoms with E-state index in [0.717, 1.165) is 76.7 Å². The monoisotopic (exact) mass is 420 g/mol. The average Bonchev–Trinajstić information content (AvgIpc) is 3.30. The van der Waals surface area contributed by atoms with E-state index in [2.05, 4.69) is 44.4 Å². The molecule has 164 valence electrons. The summed E-state index contributed by atoms with van der Waals surface area (Å²) in [4.78, 5) is 27.8. The zero-order valence-corrected chi connectivity index (χ0v) is 18.3. The molecule has 0 radical (unpaired) electrons. The average molecular weight is 421 g/mol. The maximum absolute atomic E-state index is 11.5. The summed E-state index contributed by atoms with van der Waals surface area (Å²) in [5, 5.41) is 3.56. The van der Waals surface area contributed by atoms with Crippen molar-refractivity contribution in [3.63, 3.8) is 0 Å². The Hall–Kier alpha value is -2.67. The molecule has 1 N–H and O–H groups in total. The Morgan fingerprint density at radius 1 is 1.03 bits per heavy atom. The van der Waals surface area contributed by atoms with Gasteiger partial charge in [0.1, 0.15) is 5.82 Å². The van der Waals surface area contributed by atoms with Gasteiger partial charge < -0.3 is 15.1 Å². The minimum Gasteiger partial charge on any atom is -0.367 e. The topological polar surface area (TPSA) is 64.6 Å². The van der Waals surface area contributed by atoms with Gasteiger partial charge in [-0.15, -0.1) is 0 Å². The Morgan fingerprint density at radius 2 is 1.84 bits per heavy atom. The van der Waals surface area contributed by atoms with Gasteiger partial charge in [0.15, 0.2) is 0 Å². The normalized spacial score (nSPS) is 22.4. The molecule has 3 aliphatic heterocycles. The molecule has 7 nitrogen and oxygen atoms in total. The van der Waals surface area contributed by atoms with E-state index < -0.39 is 0 Å². The number of nitrogens with zero attached hydrogens (tertiary/aromatic N) is 5. The molecule has 7 heteroatoms. The number of fused-ring (bicyclic) bond motifs is 1. The lowest BCUT2D eigenvalue weighted by Crippen LogP contribution is -2.41. The fourth-order valence-electron chi connectivity index (χ4n) is 5.18. The second-order valence-corrected chi connectivity index (χ2v) is 9.04. The summed E-state index contributed by atoms with van der Waals surface area (Å²) in [6, 6.07) is 11.7. The number of nitrogens with one attached hydrogen (secondary N) is 1. The molecule has 1 amide bonds. The fraction of sp³-hybridized carbons (Fsp3) is 0.542. The van der Waals surface area contributed by atoms with Crippen LogP contribution in [0.1, 0.15) is 37.3 Å². The van der Waals surface area contributed by atoms with E-state index in [-0.39, 0.29) is 5.91 Å². The van der Waals surface area contributed by atoms with Gasteiger partial charge in [0.25, 0.3) is 0 Å². The molecule has 1 unspecified atom stereocenters. The van der Waals surface area contributed by atoms with Crippen molar-refractivity contribution < 1.29 is 4.79 Å². The highest BCUT2D eigenvalue weighted by atomic mass is 16.2. The summed E-state index contributed by atoms with van der Waals surface area (Å²) >= 11 is 0. The second-order valence-electron chi connectivity index (χ2n) is 9.04. The quantitative estimate of drug-likeness (QED) is 0.820. The van der Waals surface area contributed by atoms with E-state index in [0.29, 0.717) is 12.1 Å². The number of piperidine rings is 1. The number of carbonyl (C=O) groups is 1. The molecule has 2 saturated heterocycles. The highest BCUT2D eigenvalue weighted by Gasteiger charge is 2.31.